The molecule has 0 unspecified atom stereocenters. The number of hydrogen-bond acceptors (Lipinski definition) is 1. The van der Waals surface area contributed by atoms with Gasteiger partial charge in [0, 0.05) is 0 Å². The maximum absolute atomic E-state index is 5.27. The molecule has 0 bridgehead atoms. The average molecular weight is 244 g/mol. The second kappa shape index (κ2) is 1.70. The molecule has 0 aliphatic carbocycles. The first-order chi connectivity index (χ1) is 3.52. The summed E-state index contributed by atoms with van der Waals surface area (Å²) in [7, 11) is 0. The van der Waals surface area contributed by atoms with E-state index in [2.05, 4.69) is 38.8 Å². The van der Waals surface area contributed by atoms with Gasteiger partial charge in [-0.25, -0.2) is 0 Å². The smallest absolute Gasteiger partial charge is 0.163 e. The fourth-order valence-corrected chi connectivity index (χ4v) is 1.76. The molecule has 1 fully saturated rings. The Bertz CT molecular complexity index is 113. The number of ether oxygens (including phenoxy) is 1. The third-order valence-electron chi connectivity index (χ3n) is 1.43. The predicted molar refractivity (Wildman–Crippen MR) is 40.4 cm³/mol. The van der Waals surface area contributed by atoms with Gasteiger partial charge in [-0.05, 0) is 29.3 Å². The quantitative estimate of drug-likeness (QED) is 0.510. The first-order valence-corrected chi connectivity index (χ1v) is 4.18. The SMILES string of the molecule is CC[C@]1(Br)O[C@]1(C)Br. The molecule has 0 saturated carbocycles. The molecule has 0 N–H and O–H groups in total. The van der Waals surface area contributed by atoms with Crippen LogP contribution in [0.3, 0.4) is 0 Å². The molecule has 1 heterocycles. The minimum Gasteiger partial charge on any atom is -0.338 e. The van der Waals surface area contributed by atoms with Crippen LogP contribution in [0.5, 0.6) is 0 Å². The molecule has 0 aromatic rings. The van der Waals surface area contributed by atoms with Gasteiger partial charge < -0.3 is 4.74 Å². The topological polar surface area (TPSA) is 12.5 Å². The highest BCUT2D eigenvalue weighted by Crippen LogP contribution is 2.58. The van der Waals surface area contributed by atoms with Crippen LogP contribution in [0.2, 0.25) is 0 Å². The van der Waals surface area contributed by atoms with Crippen LogP contribution in [0.4, 0.5) is 0 Å². The number of rotatable bonds is 1. The normalized spacial score (nSPS) is 54.0. The number of epoxide rings is 1. The van der Waals surface area contributed by atoms with Gasteiger partial charge in [-0.3, -0.25) is 0 Å². The Morgan fingerprint density at radius 3 is 1.88 bits per heavy atom. The second-order valence-corrected chi connectivity index (χ2v) is 4.90. The molecule has 0 spiro atoms. The zero-order valence-corrected chi connectivity index (χ0v) is 8.04. The lowest BCUT2D eigenvalue weighted by Gasteiger charge is -1.97. The van der Waals surface area contributed by atoms with Gasteiger partial charge >= 0.3 is 0 Å². The number of hydrogen-bond donors (Lipinski definition) is 0. The minimum absolute atomic E-state index is 0.0833. The van der Waals surface area contributed by atoms with Gasteiger partial charge in [0.15, 0.2) is 9.02 Å². The van der Waals surface area contributed by atoms with E-state index in [1.165, 1.54) is 0 Å². The van der Waals surface area contributed by atoms with Gasteiger partial charge in [0.05, 0.1) is 0 Å². The van der Waals surface area contributed by atoms with E-state index in [1.54, 1.807) is 0 Å². The van der Waals surface area contributed by atoms with Crippen molar-refractivity contribution in [1.82, 2.24) is 0 Å². The molecule has 1 nitrogen and oxygen atoms in total. The molecule has 0 aromatic heterocycles. The Hall–Kier alpha value is 0.920. The van der Waals surface area contributed by atoms with Gasteiger partial charge in [-0.15, -0.1) is 0 Å². The molecule has 48 valence electrons. The van der Waals surface area contributed by atoms with Crippen LogP contribution in [0.1, 0.15) is 20.3 Å². The number of halogens is 2. The van der Waals surface area contributed by atoms with Gasteiger partial charge in [0.25, 0.3) is 0 Å². The summed E-state index contributed by atoms with van der Waals surface area (Å²) < 4.78 is 5.07. The van der Waals surface area contributed by atoms with Gasteiger partial charge in [-0.1, -0.05) is 22.9 Å². The Kier molecular flexibility index (Phi) is 1.50. The van der Waals surface area contributed by atoms with Crippen LogP contribution >= 0.6 is 31.9 Å². The van der Waals surface area contributed by atoms with E-state index in [1.807, 2.05) is 6.92 Å². The second-order valence-electron chi connectivity index (χ2n) is 2.10. The molecule has 3 heteroatoms. The van der Waals surface area contributed by atoms with E-state index in [0.717, 1.165) is 6.42 Å². The van der Waals surface area contributed by atoms with Gasteiger partial charge in [0.1, 0.15) is 0 Å². The van der Waals surface area contributed by atoms with E-state index < -0.39 is 0 Å². The molecule has 1 aliphatic rings. The zero-order chi connectivity index (χ0) is 6.41. The van der Waals surface area contributed by atoms with Crippen LogP contribution < -0.4 is 0 Å². The Morgan fingerprint density at radius 1 is 1.50 bits per heavy atom. The monoisotopic (exact) mass is 242 g/mol. The van der Waals surface area contributed by atoms with Crippen LogP contribution in [0, 0.1) is 0 Å². The van der Waals surface area contributed by atoms with E-state index in [-0.39, 0.29) is 9.02 Å². The fourth-order valence-electron chi connectivity index (χ4n) is 0.666. The molecule has 8 heavy (non-hydrogen) atoms. The first kappa shape index (κ1) is 7.03. The van der Waals surface area contributed by atoms with Crippen molar-refractivity contribution in [3.63, 3.8) is 0 Å². The third-order valence-corrected chi connectivity index (χ3v) is 4.25. The van der Waals surface area contributed by atoms with Crippen molar-refractivity contribution >= 4 is 31.9 Å². The van der Waals surface area contributed by atoms with Gasteiger partial charge in [0.2, 0.25) is 0 Å². The van der Waals surface area contributed by atoms with Crippen molar-refractivity contribution in [2.24, 2.45) is 0 Å². The Labute approximate surface area is 66.0 Å². The van der Waals surface area contributed by atoms with Crippen LogP contribution in [0.15, 0.2) is 0 Å². The minimum atomic E-state index is -0.116. The lowest BCUT2D eigenvalue weighted by atomic mass is 10.3. The number of alkyl halides is 2. The van der Waals surface area contributed by atoms with Crippen molar-refractivity contribution in [2.75, 3.05) is 0 Å². The van der Waals surface area contributed by atoms with Crippen molar-refractivity contribution in [3.8, 4) is 0 Å². The summed E-state index contributed by atoms with van der Waals surface area (Å²) in [5, 5.41) is 0. The summed E-state index contributed by atoms with van der Waals surface area (Å²) in [4.78, 5) is 0. The lowest BCUT2D eigenvalue weighted by Crippen LogP contribution is -2.06. The summed E-state index contributed by atoms with van der Waals surface area (Å²) in [6, 6.07) is 0. The standard InChI is InChI=1S/C5H8Br2O/c1-3-5(7)4(2,6)8-5/h3H2,1-2H3/t4-,5-/m0/s1. The predicted octanol–water partition coefficient (Wildman–Crippen LogP) is 2.63. The molecule has 1 saturated heterocycles. The summed E-state index contributed by atoms with van der Waals surface area (Å²) in [5.74, 6) is 0. The van der Waals surface area contributed by atoms with Crippen molar-refractivity contribution in [2.45, 2.75) is 29.3 Å². The third kappa shape index (κ3) is 0.847. The largest absolute Gasteiger partial charge is 0.338 e. The van der Waals surface area contributed by atoms with Crippen molar-refractivity contribution in [3.05, 3.63) is 0 Å². The van der Waals surface area contributed by atoms with Crippen LogP contribution in [0.25, 0.3) is 0 Å². The van der Waals surface area contributed by atoms with Gasteiger partial charge in [-0.2, -0.15) is 0 Å². The highest BCUT2D eigenvalue weighted by Gasteiger charge is 2.62. The van der Waals surface area contributed by atoms with Crippen LogP contribution in [-0.2, 0) is 4.74 Å². The van der Waals surface area contributed by atoms with E-state index in [9.17, 15) is 0 Å². The van der Waals surface area contributed by atoms with E-state index in [0.29, 0.717) is 0 Å². The molecule has 0 amide bonds. The molecule has 2 atom stereocenters. The molecule has 0 radical (unpaired) electrons. The van der Waals surface area contributed by atoms with Crippen molar-refractivity contribution < 1.29 is 4.74 Å². The Morgan fingerprint density at radius 2 is 1.88 bits per heavy atom. The van der Waals surface area contributed by atoms with Crippen LogP contribution in [-0.4, -0.2) is 9.02 Å². The summed E-state index contributed by atoms with van der Waals surface area (Å²) in [6.45, 7) is 4.09. The molecule has 1 rings (SSSR count). The average Bonchev–Trinajstić information content (AvgIpc) is 2.10. The molecule has 1 aliphatic heterocycles. The highest BCUT2D eigenvalue weighted by molar-refractivity contribution is 9.13. The van der Waals surface area contributed by atoms with E-state index >= 15 is 0 Å². The van der Waals surface area contributed by atoms with Crippen molar-refractivity contribution in [1.29, 1.82) is 0 Å². The zero-order valence-electron chi connectivity index (χ0n) is 4.87. The summed E-state index contributed by atoms with van der Waals surface area (Å²) in [6.07, 6.45) is 0.995. The molecule has 0 aromatic carbocycles. The maximum Gasteiger partial charge on any atom is 0.163 e. The first-order valence-electron chi connectivity index (χ1n) is 2.60. The Balaban J connectivity index is 2.55. The highest BCUT2D eigenvalue weighted by atomic mass is 79.9. The molecular weight excluding hydrogens is 236 g/mol. The summed E-state index contributed by atoms with van der Waals surface area (Å²) >= 11 is 6.84. The lowest BCUT2D eigenvalue weighted by molar-refractivity contribution is 0.352. The fraction of sp³-hybridized carbons (Fsp3) is 1.00. The van der Waals surface area contributed by atoms with E-state index in [4.69, 9.17) is 4.74 Å². The summed E-state index contributed by atoms with van der Waals surface area (Å²) in [5.41, 5.74) is 0. The molecular formula is C5H8Br2O. The maximum atomic E-state index is 5.27.